The average Bonchev–Trinajstić information content (AvgIpc) is 2.45. The van der Waals surface area contributed by atoms with Gasteiger partial charge in [-0.2, -0.15) is 0 Å². The van der Waals surface area contributed by atoms with Crippen molar-refractivity contribution in [2.75, 3.05) is 0 Å². The van der Waals surface area contributed by atoms with Gasteiger partial charge in [-0.15, -0.1) is 0 Å². The molecular formula is C15H26. The monoisotopic (exact) mass is 206 g/mol. The van der Waals surface area contributed by atoms with Gasteiger partial charge < -0.3 is 0 Å². The van der Waals surface area contributed by atoms with E-state index in [4.69, 9.17) is 0 Å². The van der Waals surface area contributed by atoms with Crippen molar-refractivity contribution >= 4 is 0 Å². The smallest absolute Gasteiger partial charge is 0.0113 e. The van der Waals surface area contributed by atoms with Crippen molar-refractivity contribution in [3.05, 3.63) is 23.3 Å². The van der Waals surface area contributed by atoms with Crippen LogP contribution in [-0.4, -0.2) is 0 Å². The van der Waals surface area contributed by atoms with Crippen molar-refractivity contribution in [1.82, 2.24) is 0 Å². The first-order chi connectivity index (χ1) is 7.02. The molecule has 15 heavy (non-hydrogen) atoms. The summed E-state index contributed by atoms with van der Waals surface area (Å²) in [5, 5.41) is 0. The topological polar surface area (TPSA) is 0 Å². The van der Waals surface area contributed by atoms with Gasteiger partial charge in [-0.3, -0.25) is 0 Å². The first kappa shape index (κ1) is 12.5. The zero-order chi connectivity index (χ0) is 11.5. The standard InChI is InChI=1S/C15H26/c1-6-13(7-2)9-11-14-10-8-12(3)15(14,4)5/h8-9,14H,6-7,10-11H2,1-5H3. The van der Waals surface area contributed by atoms with E-state index >= 15 is 0 Å². The van der Waals surface area contributed by atoms with Gasteiger partial charge in [-0.1, -0.05) is 51.0 Å². The van der Waals surface area contributed by atoms with E-state index in [-0.39, 0.29) is 0 Å². The van der Waals surface area contributed by atoms with E-state index < -0.39 is 0 Å². The number of rotatable bonds is 4. The minimum atomic E-state index is 0.420. The maximum Gasteiger partial charge on any atom is -0.0113 e. The highest BCUT2D eigenvalue weighted by Crippen LogP contribution is 2.44. The predicted octanol–water partition coefficient (Wildman–Crippen LogP) is 5.12. The fourth-order valence-electron chi connectivity index (χ4n) is 2.44. The molecule has 0 aliphatic heterocycles. The fourth-order valence-corrected chi connectivity index (χ4v) is 2.44. The lowest BCUT2D eigenvalue weighted by molar-refractivity contribution is 0.294. The number of hydrogen-bond acceptors (Lipinski definition) is 0. The van der Waals surface area contributed by atoms with Crippen molar-refractivity contribution in [3.63, 3.8) is 0 Å². The Kier molecular flexibility index (Phi) is 4.19. The van der Waals surface area contributed by atoms with E-state index in [1.165, 1.54) is 25.7 Å². The normalized spacial score (nSPS) is 23.8. The summed E-state index contributed by atoms with van der Waals surface area (Å²) in [5.41, 5.74) is 3.62. The molecule has 1 aliphatic rings. The maximum atomic E-state index is 2.48. The van der Waals surface area contributed by atoms with Gasteiger partial charge in [-0.25, -0.2) is 0 Å². The van der Waals surface area contributed by atoms with Crippen molar-refractivity contribution in [1.29, 1.82) is 0 Å². The van der Waals surface area contributed by atoms with Crippen LogP contribution in [0, 0.1) is 11.3 Å². The first-order valence-corrected chi connectivity index (χ1v) is 6.37. The van der Waals surface area contributed by atoms with Gasteiger partial charge >= 0.3 is 0 Å². The molecule has 0 N–H and O–H groups in total. The van der Waals surface area contributed by atoms with Gasteiger partial charge in [0, 0.05) is 0 Å². The molecule has 0 nitrogen and oxygen atoms in total. The molecule has 0 saturated carbocycles. The summed E-state index contributed by atoms with van der Waals surface area (Å²) >= 11 is 0. The van der Waals surface area contributed by atoms with Gasteiger partial charge in [0.2, 0.25) is 0 Å². The zero-order valence-electron chi connectivity index (χ0n) is 11.1. The first-order valence-electron chi connectivity index (χ1n) is 6.37. The molecule has 0 aromatic carbocycles. The van der Waals surface area contributed by atoms with Gasteiger partial charge in [0.15, 0.2) is 0 Å². The van der Waals surface area contributed by atoms with Crippen LogP contribution in [0.15, 0.2) is 23.3 Å². The summed E-state index contributed by atoms with van der Waals surface area (Å²) < 4.78 is 0. The zero-order valence-corrected chi connectivity index (χ0v) is 11.1. The van der Waals surface area contributed by atoms with Gasteiger partial charge in [0.1, 0.15) is 0 Å². The third-order valence-electron chi connectivity index (χ3n) is 4.34. The highest BCUT2D eigenvalue weighted by molar-refractivity contribution is 5.19. The van der Waals surface area contributed by atoms with Gasteiger partial charge in [0.05, 0.1) is 0 Å². The van der Waals surface area contributed by atoms with Gasteiger partial charge in [0.25, 0.3) is 0 Å². The highest BCUT2D eigenvalue weighted by Gasteiger charge is 2.33. The van der Waals surface area contributed by atoms with E-state index in [9.17, 15) is 0 Å². The molecule has 0 aromatic heterocycles. The molecule has 0 radical (unpaired) electrons. The predicted molar refractivity (Wildman–Crippen MR) is 68.9 cm³/mol. The van der Waals surface area contributed by atoms with Crippen LogP contribution in [0.4, 0.5) is 0 Å². The van der Waals surface area contributed by atoms with E-state index in [1.54, 1.807) is 11.1 Å². The molecule has 0 spiro atoms. The van der Waals surface area contributed by atoms with Crippen LogP contribution < -0.4 is 0 Å². The highest BCUT2D eigenvalue weighted by atomic mass is 14.4. The van der Waals surface area contributed by atoms with Crippen LogP contribution >= 0.6 is 0 Å². The Balaban J connectivity index is 2.59. The lowest BCUT2D eigenvalue weighted by Gasteiger charge is -2.29. The largest absolute Gasteiger partial charge is 0.0850 e. The Morgan fingerprint density at radius 1 is 1.40 bits per heavy atom. The third-order valence-corrected chi connectivity index (χ3v) is 4.34. The van der Waals surface area contributed by atoms with Crippen molar-refractivity contribution in [2.45, 2.75) is 60.3 Å². The second-order valence-electron chi connectivity index (χ2n) is 5.35. The van der Waals surface area contributed by atoms with Crippen molar-refractivity contribution < 1.29 is 0 Å². The van der Waals surface area contributed by atoms with Crippen LogP contribution in [0.3, 0.4) is 0 Å². The lowest BCUT2D eigenvalue weighted by Crippen LogP contribution is -2.19. The van der Waals surface area contributed by atoms with Crippen molar-refractivity contribution in [3.8, 4) is 0 Å². The van der Waals surface area contributed by atoms with Crippen molar-refractivity contribution in [2.24, 2.45) is 11.3 Å². The molecule has 0 bridgehead atoms. The van der Waals surface area contributed by atoms with E-state index in [0.29, 0.717) is 5.41 Å². The van der Waals surface area contributed by atoms with E-state index in [2.05, 4.69) is 46.8 Å². The molecule has 0 amide bonds. The fraction of sp³-hybridized carbons (Fsp3) is 0.733. The minimum Gasteiger partial charge on any atom is -0.0850 e. The molecule has 1 aliphatic carbocycles. The average molecular weight is 206 g/mol. The molecule has 0 aromatic rings. The molecule has 1 rings (SSSR count). The molecule has 86 valence electrons. The summed E-state index contributed by atoms with van der Waals surface area (Å²) in [4.78, 5) is 0. The number of hydrogen-bond donors (Lipinski definition) is 0. The summed E-state index contributed by atoms with van der Waals surface area (Å²) in [6, 6.07) is 0. The Morgan fingerprint density at radius 2 is 2.00 bits per heavy atom. The van der Waals surface area contributed by atoms with Gasteiger partial charge in [-0.05, 0) is 43.9 Å². The SMILES string of the molecule is CCC(=CCC1CC=C(C)C1(C)C)CC. The summed E-state index contributed by atoms with van der Waals surface area (Å²) in [5.74, 6) is 0.825. The van der Waals surface area contributed by atoms with Crippen LogP contribution in [0.2, 0.25) is 0 Å². The lowest BCUT2D eigenvalue weighted by atomic mass is 9.76. The molecule has 1 atom stereocenters. The molecule has 0 saturated heterocycles. The molecule has 1 unspecified atom stereocenters. The second kappa shape index (κ2) is 5.01. The molecule has 0 heterocycles. The Hall–Kier alpha value is -0.520. The summed E-state index contributed by atoms with van der Waals surface area (Å²) in [6.45, 7) is 11.6. The molecular weight excluding hydrogens is 180 g/mol. The van der Waals surface area contributed by atoms with Crippen LogP contribution in [0.5, 0.6) is 0 Å². The molecule has 0 heteroatoms. The van der Waals surface area contributed by atoms with Crippen LogP contribution in [0.25, 0.3) is 0 Å². The third kappa shape index (κ3) is 2.74. The van der Waals surface area contributed by atoms with E-state index in [1.807, 2.05) is 0 Å². The second-order valence-corrected chi connectivity index (χ2v) is 5.35. The maximum absolute atomic E-state index is 2.48. The Bertz CT molecular complexity index is 260. The Labute approximate surface area is 95.5 Å². The molecule has 0 fully saturated rings. The minimum absolute atomic E-state index is 0.420. The van der Waals surface area contributed by atoms with Crippen LogP contribution in [-0.2, 0) is 0 Å². The summed E-state index contributed by atoms with van der Waals surface area (Å²) in [7, 11) is 0. The summed E-state index contributed by atoms with van der Waals surface area (Å²) in [6.07, 6.45) is 9.88. The quantitative estimate of drug-likeness (QED) is 0.560. The Morgan fingerprint density at radius 3 is 2.40 bits per heavy atom. The van der Waals surface area contributed by atoms with E-state index in [0.717, 1.165) is 5.92 Å². The number of allylic oxidation sites excluding steroid dienone is 4. The van der Waals surface area contributed by atoms with Crippen LogP contribution in [0.1, 0.15) is 60.3 Å².